The SMILES string of the molecule is CN1CC[C@@H](N2CCC(NC(=O)c3cc(Cl)cn3C)CC2)C1=O. The van der Waals surface area contributed by atoms with Gasteiger partial charge in [0.05, 0.1) is 11.1 Å². The van der Waals surface area contributed by atoms with Crippen molar-refractivity contribution in [2.45, 2.75) is 31.3 Å². The summed E-state index contributed by atoms with van der Waals surface area (Å²) in [6.07, 6.45) is 4.38. The lowest BCUT2D eigenvalue weighted by Crippen LogP contribution is -2.50. The molecule has 6 nitrogen and oxygen atoms in total. The van der Waals surface area contributed by atoms with Gasteiger partial charge in [-0.1, -0.05) is 11.6 Å². The van der Waals surface area contributed by atoms with Crippen LogP contribution in [0.4, 0.5) is 0 Å². The number of halogens is 1. The molecule has 126 valence electrons. The van der Waals surface area contributed by atoms with Gasteiger partial charge in [-0.15, -0.1) is 0 Å². The van der Waals surface area contributed by atoms with Crippen LogP contribution < -0.4 is 5.32 Å². The van der Waals surface area contributed by atoms with Crippen molar-refractivity contribution in [1.29, 1.82) is 0 Å². The Morgan fingerprint density at radius 1 is 1.22 bits per heavy atom. The molecule has 1 aromatic rings. The monoisotopic (exact) mass is 338 g/mol. The van der Waals surface area contributed by atoms with Crippen molar-refractivity contribution < 1.29 is 9.59 Å². The number of likely N-dealkylation sites (N-methyl/N-ethyl adjacent to an activating group) is 1. The number of carbonyl (C=O) groups is 2. The van der Waals surface area contributed by atoms with Crippen molar-refractivity contribution in [3.8, 4) is 0 Å². The van der Waals surface area contributed by atoms with Gasteiger partial charge in [-0.05, 0) is 25.3 Å². The Balaban J connectivity index is 1.52. The van der Waals surface area contributed by atoms with E-state index in [1.807, 2.05) is 14.1 Å². The van der Waals surface area contributed by atoms with Crippen molar-refractivity contribution in [3.05, 3.63) is 23.0 Å². The van der Waals surface area contributed by atoms with Crippen LogP contribution in [-0.4, -0.2) is 64.9 Å². The van der Waals surface area contributed by atoms with Gasteiger partial charge in [0, 0.05) is 46.0 Å². The molecule has 2 amide bonds. The molecule has 2 fully saturated rings. The van der Waals surface area contributed by atoms with Gasteiger partial charge in [0.25, 0.3) is 5.91 Å². The van der Waals surface area contributed by atoms with Gasteiger partial charge in [-0.3, -0.25) is 14.5 Å². The smallest absolute Gasteiger partial charge is 0.268 e. The van der Waals surface area contributed by atoms with E-state index in [0.717, 1.165) is 38.9 Å². The highest BCUT2D eigenvalue weighted by Crippen LogP contribution is 2.21. The number of hydrogen-bond acceptors (Lipinski definition) is 3. The number of nitrogens with one attached hydrogen (secondary N) is 1. The molecule has 0 radical (unpaired) electrons. The quantitative estimate of drug-likeness (QED) is 0.898. The van der Waals surface area contributed by atoms with E-state index in [9.17, 15) is 9.59 Å². The van der Waals surface area contributed by atoms with E-state index in [2.05, 4.69) is 10.2 Å². The molecule has 1 atom stereocenters. The minimum atomic E-state index is -0.0884. The van der Waals surface area contributed by atoms with E-state index in [1.165, 1.54) is 0 Å². The summed E-state index contributed by atoms with van der Waals surface area (Å²) in [6.45, 7) is 2.54. The minimum absolute atomic E-state index is 0.0309. The Labute approximate surface area is 141 Å². The summed E-state index contributed by atoms with van der Waals surface area (Å²) in [5.41, 5.74) is 0.574. The second-order valence-corrected chi connectivity index (χ2v) is 6.94. The Kier molecular flexibility index (Phi) is 4.64. The van der Waals surface area contributed by atoms with Gasteiger partial charge in [0.1, 0.15) is 5.69 Å². The first-order valence-corrected chi connectivity index (χ1v) is 8.45. The molecule has 0 unspecified atom stereocenters. The summed E-state index contributed by atoms with van der Waals surface area (Å²) < 4.78 is 1.74. The van der Waals surface area contributed by atoms with Crippen molar-refractivity contribution in [2.24, 2.45) is 7.05 Å². The third-order valence-electron chi connectivity index (χ3n) is 4.91. The average Bonchev–Trinajstić information content (AvgIpc) is 3.03. The molecule has 7 heteroatoms. The summed E-state index contributed by atoms with van der Waals surface area (Å²) in [4.78, 5) is 28.5. The van der Waals surface area contributed by atoms with Crippen molar-refractivity contribution in [2.75, 3.05) is 26.7 Å². The molecule has 23 heavy (non-hydrogen) atoms. The van der Waals surface area contributed by atoms with Crippen LogP contribution in [0, 0.1) is 0 Å². The van der Waals surface area contributed by atoms with E-state index in [-0.39, 0.29) is 23.9 Å². The molecule has 0 saturated carbocycles. The maximum atomic E-state index is 12.3. The number of aryl methyl sites for hydroxylation is 1. The zero-order valence-corrected chi connectivity index (χ0v) is 14.3. The maximum Gasteiger partial charge on any atom is 0.268 e. The standard InChI is InChI=1S/C16H23ClN4O2/c1-19-6-5-13(16(19)23)21-7-3-12(4-8-21)18-15(22)14-9-11(17)10-20(14)2/h9-10,12-13H,3-8H2,1-2H3,(H,18,22)/t13-/m1/s1. The lowest BCUT2D eigenvalue weighted by atomic mass is 10.0. The van der Waals surface area contributed by atoms with E-state index in [4.69, 9.17) is 11.6 Å². The zero-order valence-electron chi connectivity index (χ0n) is 13.6. The summed E-state index contributed by atoms with van der Waals surface area (Å²) in [5, 5.41) is 3.65. The van der Waals surface area contributed by atoms with Gasteiger partial charge < -0.3 is 14.8 Å². The third-order valence-corrected chi connectivity index (χ3v) is 5.12. The van der Waals surface area contributed by atoms with E-state index >= 15 is 0 Å². The Bertz CT molecular complexity index is 607. The number of aromatic nitrogens is 1. The van der Waals surface area contributed by atoms with E-state index < -0.39 is 0 Å². The first-order chi connectivity index (χ1) is 11.0. The number of likely N-dealkylation sites (tertiary alicyclic amines) is 2. The molecule has 1 N–H and O–H groups in total. The average molecular weight is 339 g/mol. The lowest BCUT2D eigenvalue weighted by Gasteiger charge is -2.35. The molecule has 0 aliphatic carbocycles. The first-order valence-electron chi connectivity index (χ1n) is 8.07. The van der Waals surface area contributed by atoms with Crippen molar-refractivity contribution in [1.82, 2.24) is 19.7 Å². The van der Waals surface area contributed by atoms with Crippen LogP contribution in [0.1, 0.15) is 29.8 Å². The summed E-state index contributed by atoms with van der Waals surface area (Å²) >= 11 is 5.93. The number of nitrogens with zero attached hydrogens (tertiary/aromatic N) is 3. The highest BCUT2D eigenvalue weighted by molar-refractivity contribution is 6.31. The van der Waals surface area contributed by atoms with Crippen LogP contribution >= 0.6 is 11.6 Å². The van der Waals surface area contributed by atoms with Crippen LogP contribution in [-0.2, 0) is 11.8 Å². The van der Waals surface area contributed by atoms with Crippen LogP contribution in [0.25, 0.3) is 0 Å². The summed E-state index contributed by atoms with van der Waals surface area (Å²) in [5.74, 6) is 0.139. The van der Waals surface area contributed by atoms with Crippen LogP contribution in [0.2, 0.25) is 5.02 Å². The summed E-state index contributed by atoms with van der Waals surface area (Å²) in [7, 11) is 3.67. The minimum Gasteiger partial charge on any atom is -0.348 e. The third kappa shape index (κ3) is 3.38. The van der Waals surface area contributed by atoms with Gasteiger partial charge in [-0.2, -0.15) is 0 Å². The van der Waals surface area contributed by atoms with Crippen LogP contribution in [0.15, 0.2) is 12.3 Å². The number of piperidine rings is 1. The fourth-order valence-electron chi connectivity index (χ4n) is 3.51. The Morgan fingerprint density at radius 2 is 1.91 bits per heavy atom. The fourth-order valence-corrected chi connectivity index (χ4v) is 3.76. The topological polar surface area (TPSA) is 57.6 Å². The molecule has 3 heterocycles. The number of amides is 2. The van der Waals surface area contributed by atoms with Gasteiger partial charge in [0.15, 0.2) is 0 Å². The highest BCUT2D eigenvalue weighted by Gasteiger charge is 2.35. The molecule has 2 aliphatic heterocycles. The normalized spacial score (nSPS) is 23.5. The molecule has 0 aromatic carbocycles. The van der Waals surface area contributed by atoms with Gasteiger partial charge in [0.2, 0.25) is 5.91 Å². The molecule has 2 saturated heterocycles. The predicted octanol–water partition coefficient (Wildman–Crippen LogP) is 1.10. The van der Waals surface area contributed by atoms with Gasteiger partial charge >= 0.3 is 0 Å². The molecular weight excluding hydrogens is 316 g/mol. The maximum absolute atomic E-state index is 12.3. The largest absolute Gasteiger partial charge is 0.348 e. The predicted molar refractivity (Wildman–Crippen MR) is 88.5 cm³/mol. The van der Waals surface area contributed by atoms with Gasteiger partial charge in [-0.25, -0.2) is 0 Å². The molecule has 3 rings (SSSR count). The second-order valence-electron chi connectivity index (χ2n) is 6.50. The fraction of sp³-hybridized carbons (Fsp3) is 0.625. The van der Waals surface area contributed by atoms with E-state index in [1.54, 1.807) is 21.7 Å². The van der Waals surface area contributed by atoms with E-state index in [0.29, 0.717) is 10.7 Å². The van der Waals surface area contributed by atoms with Crippen molar-refractivity contribution >= 4 is 23.4 Å². The molecular formula is C16H23ClN4O2. The Hall–Kier alpha value is -1.53. The van der Waals surface area contributed by atoms with Crippen LogP contribution in [0.3, 0.4) is 0 Å². The molecule has 1 aromatic heterocycles. The number of carbonyl (C=O) groups excluding carboxylic acids is 2. The lowest BCUT2D eigenvalue weighted by molar-refractivity contribution is -0.131. The molecule has 0 spiro atoms. The zero-order chi connectivity index (χ0) is 16.6. The summed E-state index contributed by atoms with van der Waals surface area (Å²) in [6, 6.07) is 1.86. The molecule has 0 bridgehead atoms. The highest BCUT2D eigenvalue weighted by atomic mass is 35.5. The first kappa shape index (κ1) is 16.3. The van der Waals surface area contributed by atoms with Crippen LogP contribution in [0.5, 0.6) is 0 Å². The second kappa shape index (κ2) is 6.53. The number of hydrogen-bond donors (Lipinski definition) is 1. The molecule has 2 aliphatic rings. The Morgan fingerprint density at radius 3 is 2.43 bits per heavy atom. The number of rotatable bonds is 3. The van der Waals surface area contributed by atoms with Crippen molar-refractivity contribution in [3.63, 3.8) is 0 Å².